The smallest absolute Gasteiger partial charge is 0.290 e. The number of Topliss-reactive ketones (excluding diaryl/α,β-unsaturated/α-hetero) is 1. The predicted molar refractivity (Wildman–Crippen MR) is 97.1 cm³/mol. The first-order valence-corrected chi connectivity index (χ1v) is 8.49. The minimum atomic E-state index is -0.930. The van der Waals surface area contributed by atoms with Crippen molar-refractivity contribution in [3.05, 3.63) is 53.9 Å². The Morgan fingerprint density at radius 3 is 2.62 bits per heavy atom. The number of benzene rings is 1. The molecule has 2 amide bonds. The highest BCUT2D eigenvalue weighted by Crippen LogP contribution is 2.24. The third-order valence-electron chi connectivity index (χ3n) is 4.62. The second-order valence-corrected chi connectivity index (χ2v) is 6.64. The van der Waals surface area contributed by atoms with E-state index in [2.05, 4.69) is 10.3 Å². The molecule has 0 aliphatic carbocycles. The molecule has 1 aliphatic rings. The van der Waals surface area contributed by atoms with Gasteiger partial charge in [0.05, 0.1) is 6.04 Å². The Labute approximate surface area is 152 Å². The molecular formula is C20H21N3O3. The molecule has 1 unspecified atom stereocenters. The molecule has 1 N–H and O–H groups in total. The molecule has 26 heavy (non-hydrogen) atoms. The van der Waals surface area contributed by atoms with Crippen LogP contribution in [0.25, 0.3) is 11.1 Å². The highest BCUT2D eigenvalue weighted by Gasteiger charge is 2.41. The summed E-state index contributed by atoms with van der Waals surface area (Å²) in [4.78, 5) is 41.4. The summed E-state index contributed by atoms with van der Waals surface area (Å²) in [7, 11) is 1.52. The fraction of sp³-hybridized carbons (Fsp3) is 0.300. The van der Waals surface area contributed by atoms with Crippen LogP contribution in [0.2, 0.25) is 0 Å². The van der Waals surface area contributed by atoms with Gasteiger partial charge in [-0.3, -0.25) is 19.4 Å². The number of hydrogen-bond donors (Lipinski definition) is 1. The Bertz CT molecular complexity index is 878. The fourth-order valence-electron chi connectivity index (χ4n) is 3.09. The van der Waals surface area contributed by atoms with E-state index < -0.39 is 23.5 Å². The number of amides is 2. The van der Waals surface area contributed by atoms with Crippen LogP contribution >= 0.6 is 0 Å². The zero-order valence-corrected chi connectivity index (χ0v) is 15.0. The molecule has 0 radical (unpaired) electrons. The van der Waals surface area contributed by atoms with Crippen molar-refractivity contribution in [2.24, 2.45) is 5.92 Å². The van der Waals surface area contributed by atoms with Gasteiger partial charge in [0.15, 0.2) is 0 Å². The molecule has 1 aromatic heterocycles. The van der Waals surface area contributed by atoms with Crippen molar-refractivity contribution in [1.29, 1.82) is 0 Å². The van der Waals surface area contributed by atoms with Crippen molar-refractivity contribution in [1.82, 2.24) is 15.2 Å². The van der Waals surface area contributed by atoms with Gasteiger partial charge in [-0.25, -0.2) is 0 Å². The first-order chi connectivity index (χ1) is 12.4. The first kappa shape index (κ1) is 17.8. The Kier molecular flexibility index (Phi) is 4.84. The van der Waals surface area contributed by atoms with Crippen molar-refractivity contribution in [3.63, 3.8) is 0 Å². The van der Waals surface area contributed by atoms with Crippen LogP contribution in [0.5, 0.6) is 0 Å². The molecule has 134 valence electrons. The number of likely N-dealkylation sites (N-methyl/N-ethyl adjacent to an activating group) is 1. The van der Waals surface area contributed by atoms with E-state index >= 15 is 0 Å². The number of aryl methyl sites for hydroxylation is 1. The van der Waals surface area contributed by atoms with Crippen LogP contribution in [0, 0.1) is 12.8 Å². The molecule has 2 aromatic rings. The molecule has 0 spiro atoms. The van der Waals surface area contributed by atoms with Crippen molar-refractivity contribution in [2.75, 3.05) is 13.6 Å². The van der Waals surface area contributed by atoms with E-state index in [4.69, 9.17) is 0 Å². The van der Waals surface area contributed by atoms with E-state index in [9.17, 15) is 14.4 Å². The number of carbonyl (C=O) groups excluding carboxylic acids is 3. The molecule has 6 nitrogen and oxygen atoms in total. The first-order valence-electron chi connectivity index (χ1n) is 8.49. The largest absolute Gasteiger partial charge is 0.349 e. The maximum absolute atomic E-state index is 12.4. The average Bonchev–Trinajstić information content (AvgIpc) is 2.89. The van der Waals surface area contributed by atoms with Gasteiger partial charge in [0.1, 0.15) is 5.92 Å². The topological polar surface area (TPSA) is 79.4 Å². The number of hydrogen-bond acceptors (Lipinski definition) is 4. The summed E-state index contributed by atoms with van der Waals surface area (Å²) in [5.74, 6) is -2.59. The number of rotatable bonds is 4. The summed E-state index contributed by atoms with van der Waals surface area (Å²) >= 11 is 0. The van der Waals surface area contributed by atoms with Crippen molar-refractivity contribution < 1.29 is 14.4 Å². The van der Waals surface area contributed by atoms with Gasteiger partial charge in [-0.1, -0.05) is 18.2 Å². The number of pyridine rings is 1. The van der Waals surface area contributed by atoms with Crippen molar-refractivity contribution in [3.8, 4) is 11.1 Å². The second-order valence-electron chi connectivity index (χ2n) is 6.64. The van der Waals surface area contributed by atoms with Crippen LogP contribution in [-0.2, 0) is 14.4 Å². The van der Waals surface area contributed by atoms with Gasteiger partial charge < -0.3 is 10.2 Å². The maximum Gasteiger partial charge on any atom is 0.290 e. The summed E-state index contributed by atoms with van der Waals surface area (Å²) < 4.78 is 0. The Balaban J connectivity index is 1.75. The maximum atomic E-state index is 12.4. The summed E-state index contributed by atoms with van der Waals surface area (Å²) in [6.45, 7) is 3.93. The summed E-state index contributed by atoms with van der Waals surface area (Å²) in [6, 6.07) is 11.5. The van der Waals surface area contributed by atoms with Crippen molar-refractivity contribution in [2.45, 2.75) is 19.9 Å². The Morgan fingerprint density at radius 1 is 1.23 bits per heavy atom. The number of aromatic nitrogens is 1. The lowest BCUT2D eigenvalue weighted by Crippen LogP contribution is -2.37. The SMILES string of the molecule is Cc1cc(-c2cccc([C@@H](C)NC(=O)C3CN(C)C(=O)C3=O)c2)ccn1. The molecule has 1 aromatic carbocycles. The van der Waals surface area contributed by atoms with Gasteiger partial charge in [0.25, 0.3) is 5.91 Å². The summed E-state index contributed by atoms with van der Waals surface area (Å²) in [5.41, 5.74) is 3.94. The molecule has 1 saturated heterocycles. The van der Waals surface area contributed by atoms with Crippen LogP contribution in [-0.4, -0.2) is 41.1 Å². The molecule has 2 atom stereocenters. The highest BCUT2D eigenvalue weighted by atomic mass is 16.2. The lowest BCUT2D eigenvalue weighted by Gasteiger charge is -2.17. The molecule has 1 fully saturated rings. The zero-order chi connectivity index (χ0) is 18.8. The van der Waals surface area contributed by atoms with E-state index in [0.29, 0.717) is 0 Å². The normalized spacial score (nSPS) is 18.1. The van der Waals surface area contributed by atoms with Crippen LogP contribution < -0.4 is 5.32 Å². The zero-order valence-electron chi connectivity index (χ0n) is 15.0. The number of ketones is 1. The number of carbonyl (C=O) groups is 3. The predicted octanol–water partition coefficient (Wildman–Crippen LogP) is 1.89. The van der Waals surface area contributed by atoms with Gasteiger partial charge in [-0.2, -0.15) is 0 Å². The van der Waals surface area contributed by atoms with E-state index in [0.717, 1.165) is 22.4 Å². The van der Waals surface area contributed by atoms with Crippen LogP contribution in [0.1, 0.15) is 24.2 Å². The van der Waals surface area contributed by atoms with Gasteiger partial charge in [0.2, 0.25) is 11.7 Å². The number of nitrogens with one attached hydrogen (secondary N) is 1. The standard InChI is InChI=1S/C20H21N3O3/c1-12-9-16(7-8-21-12)15-6-4-5-14(10-15)13(2)22-19(25)17-11-23(3)20(26)18(17)24/h4-10,13,17H,11H2,1-3H3,(H,22,25)/t13-,17?/m1/s1. The average molecular weight is 351 g/mol. The van der Waals surface area contributed by atoms with E-state index in [1.165, 1.54) is 11.9 Å². The molecular weight excluding hydrogens is 330 g/mol. The quantitative estimate of drug-likeness (QED) is 0.674. The highest BCUT2D eigenvalue weighted by molar-refractivity contribution is 6.42. The number of nitrogens with zero attached hydrogens (tertiary/aromatic N) is 2. The monoisotopic (exact) mass is 351 g/mol. The van der Waals surface area contributed by atoms with Gasteiger partial charge in [-0.05, 0) is 48.7 Å². The molecule has 3 rings (SSSR count). The Morgan fingerprint density at radius 2 is 1.96 bits per heavy atom. The third kappa shape index (κ3) is 3.49. The minimum Gasteiger partial charge on any atom is -0.349 e. The van der Waals surface area contributed by atoms with Crippen LogP contribution in [0.15, 0.2) is 42.6 Å². The van der Waals surface area contributed by atoms with Gasteiger partial charge in [0, 0.05) is 25.5 Å². The molecule has 0 saturated carbocycles. The summed E-state index contributed by atoms with van der Waals surface area (Å²) in [5, 5.41) is 2.85. The lowest BCUT2D eigenvalue weighted by atomic mass is 9.99. The van der Waals surface area contributed by atoms with Crippen molar-refractivity contribution >= 4 is 17.6 Å². The minimum absolute atomic E-state index is 0.131. The molecule has 1 aliphatic heterocycles. The van der Waals surface area contributed by atoms with Gasteiger partial charge >= 0.3 is 0 Å². The molecule has 6 heteroatoms. The lowest BCUT2D eigenvalue weighted by molar-refractivity contribution is -0.142. The van der Waals surface area contributed by atoms with E-state index in [1.54, 1.807) is 6.20 Å². The number of likely N-dealkylation sites (tertiary alicyclic amines) is 1. The molecule has 0 bridgehead atoms. The Hall–Kier alpha value is -3.02. The summed E-state index contributed by atoms with van der Waals surface area (Å²) in [6.07, 6.45) is 1.77. The fourth-order valence-corrected chi connectivity index (χ4v) is 3.09. The van der Waals surface area contributed by atoms with E-state index in [-0.39, 0.29) is 12.6 Å². The van der Waals surface area contributed by atoms with E-state index in [1.807, 2.05) is 50.2 Å². The second kappa shape index (κ2) is 7.07. The third-order valence-corrected chi connectivity index (χ3v) is 4.62. The van der Waals surface area contributed by atoms with Crippen LogP contribution in [0.3, 0.4) is 0 Å². The molecule has 2 heterocycles. The van der Waals surface area contributed by atoms with Crippen LogP contribution in [0.4, 0.5) is 0 Å². The van der Waals surface area contributed by atoms with Gasteiger partial charge in [-0.15, -0.1) is 0 Å².